The number of nitrogens with one attached hydrogen (secondary N) is 1. The van der Waals surface area contributed by atoms with Gasteiger partial charge in [-0.25, -0.2) is 0 Å². The zero-order chi connectivity index (χ0) is 46.1. The standard InChI is InChI=1S/C47H78N4O10/c1-13-31(6)44(50(10)47(59)35(29(2)3)25-39(54)43(30(4)5)49(9)23-18-22-42(56)57)40(60-11)27-41(55)51-24-17-21-37(51)45(61-12)32(7)38(53)26-36(33(8)52)46(58)48-28-34-19-15-14-16-20-34/h14-16,19-20,29-33,35-37,40,43-45,52H,13,17-18,21-28H2,1-12H3,(H,48,58)(H,56,57)/t31-,32-,33+,35-,36?,37-,40+,43-,44-,45+/m0/s1. The highest BCUT2D eigenvalue weighted by atomic mass is 16.5. The molecule has 0 aromatic heterocycles. The Bertz CT molecular complexity index is 1550. The van der Waals surface area contributed by atoms with E-state index in [1.165, 1.54) is 21.1 Å². The SMILES string of the molecule is CC[C@H](C)[C@@H]([C@@H](CC(=O)N1CCC[C@H]1[C@H](OC)[C@@H](C)C(=O)CC(C(=O)NCc1ccccc1)[C@@H](C)O)OC)N(C)C(=O)[C@@H](CC(=O)[C@H](C(C)C)N(C)CCCC(=O)O)C(C)C. The quantitative estimate of drug-likeness (QED) is 0.100. The molecule has 1 saturated heterocycles. The smallest absolute Gasteiger partial charge is 0.303 e. The number of likely N-dealkylation sites (tertiary alicyclic amines) is 1. The van der Waals surface area contributed by atoms with E-state index >= 15 is 0 Å². The normalized spacial score (nSPS) is 18.8. The third-order valence-corrected chi connectivity index (χ3v) is 12.9. The van der Waals surface area contributed by atoms with Crippen LogP contribution in [0.1, 0.15) is 112 Å². The summed E-state index contributed by atoms with van der Waals surface area (Å²) in [6.45, 7) is 16.2. The second-order valence-electron chi connectivity index (χ2n) is 18.0. The van der Waals surface area contributed by atoms with Crippen molar-refractivity contribution in [1.82, 2.24) is 20.0 Å². The van der Waals surface area contributed by atoms with E-state index in [0.717, 1.165) is 5.56 Å². The average molecular weight is 859 g/mol. The fourth-order valence-corrected chi connectivity index (χ4v) is 9.09. The molecule has 0 radical (unpaired) electrons. The molecule has 3 amide bonds. The maximum Gasteiger partial charge on any atom is 0.303 e. The number of carbonyl (C=O) groups is 6. The Hall–Kier alpha value is -3.72. The van der Waals surface area contributed by atoms with Gasteiger partial charge in [0.1, 0.15) is 5.78 Å². The molecule has 1 unspecified atom stereocenters. The first-order valence-electron chi connectivity index (χ1n) is 22.3. The van der Waals surface area contributed by atoms with E-state index in [-0.39, 0.29) is 73.4 Å². The first kappa shape index (κ1) is 53.4. The van der Waals surface area contributed by atoms with Gasteiger partial charge in [0.05, 0.1) is 48.8 Å². The number of ether oxygens (including phenoxy) is 2. The number of aliphatic carboxylic acids is 1. The van der Waals surface area contributed by atoms with Crippen molar-refractivity contribution in [3.8, 4) is 0 Å². The summed E-state index contributed by atoms with van der Waals surface area (Å²) in [5, 5.41) is 22.5. The minimum atomic E-state index is -1.07. The molecule has 0 bridgehead atoms. The van der Waals surface area contributed by atoms with Gasteiger partial charge in [0.25, 0.3) is 0 Å². The van der Waals surface area contributed by atoms with Crippen molar-refractivity contribution in [2.24, 2.45) is 35.5 Å². The molecule has 3 N–H and O–H groups in total. The van der Waals surface area contributed by atoms with Crippen molar-refractivity contribution in [3.63, 3.8) is 0 Å². The first-order chi connectivity index (χ1) is 28.7. The predicted molar refractivity (Wildman–Crippen MR) is 235 cm³/mol. The van der Waals surface area contributed by atoms with Gasteiger partial charge in [0.15, 0.2) is 5.78 Å². The van der Waals surface area contributed by atoms with Gasteiger partial charge in [-0.2, -0.15) is 0 Å². The van der Waals surface area contributed by atoms with Crippen molar-refractivity contribution in [1.29, 1.82) is 0 Å². The maximum absolute atomic E-state index is 14.5. The summed E-state index contributed by atoms with van der Waals surface area (Å²) in [5.41, 5.74) is 0.897. The number of carboxylic acids is 1. The minimum Gasteiger partial charge on any atom is -0.481 e. The van der Waals surface area contributed by atoms with Crippen molar-refractivity contribution < 1.29 is 48.5 Å². The molecule has 14 heteroatoms. The Kier molecular flexibility index (Phi) is 22.8. The number of carbonyl (C=O) groups excluding carboxylic acids is 5. The molecule has 0 aliphatic carbocycles. The van der Waals surface area contributed by atoms with Crippen molar-refractivity contribution in [2.75, 3.05) is 41.4 Å². The summed E-state index contributed by atoms with van der Waals surface area (Å²) >= 11 is 0. The second kappa shape index (κ2) is 26.0. The van der Waals surface area contributed by atoms with Crippen LogP contribution in [0.5, 0.6) is 0 Å². The molecular formula is C47H78N4O10. The molecule has 1 aromatic rings. The fraction of sp³-hybridized carbons (Fsp3) is 0.745. The van der Waals surface area contributed by atoms with Crippen LogP contribution in [0.2, 0.25) is 0 Å². The molecule has 10 atom stereocenters. The average Bonchev–Trinajstić information content (AvgIpc) is 3.70. The zero-order valence-electron chi connectivity index (χ0n) is 39.1. The topological polar surface area (TPSA) is 183 Å². The van der Waals surface area contributed by atoms with E-state index < -0.39 is 66.1 Å². The van der Waals surface area contributed by atoms with Gasteiger partial charge in [0, 0.05) is 65.5 Å². The highest BCUT2D eigenvalue weighted by molar-refractivity contribution is 5.90. The molecule has 0 spiro atoms. The third kappa shape index (κ3) is 15.5. The third-order valence-electron chi connectivity index (χ3n) is 12.9. The Labute approximate surface area is 365 Å². The van der Waals surface area contributed by atoms with E-state index in [0.29, 0.717) is 38.8 Å². The molecule has 14 nitrogen and oxygen atoms in total. The van der Waals surface area contributed by atoms with Crippen LogP contribution in [-0.4, -0.2) is 138 Å². The number of methoxy groups -OCH3 is 2. The molecule has 1 heterocycles. The molecule has 346 valence electrons. The Morgan fingerprint density at radius 1 is 0.869 bits per heavy atom. The largest absolute Gasteiger partial charge is 0.481 e. The lowest BCUT2D eigenvalue weighted by Crippen LogP contribution is -2.54. The lowest BCUT2D eigenvalue weighted by atomic mass is 9.83. The van der Waals surface area contributed by atoms with Crippen LogP contribution in [0.25, 0.3) is 0 Å². The number of amides is 3. The van der Waals surface area contributed by atoms with Gasteiger partial charge in [0.2, 0.25) is 17.7 Å². The number of Topliss-reactive ketones (excluding diaryl/α,β-unsaturated/α-hetero) is 2. The number of hydrogen-bond acceptors (Lipinski definition) is 10. The maximum atomic E-state index is 14.5. The van der Waals surface area contributed by atoms with Crippen molar-refractivity contribution >= 4 is 35.3 Å². The second-order valence-corrected chi connectivity index (χ2v) is 18.0. The van der Waals surface area contributed by atoms with Crippen LogP contribution in [0.3, 0.4) is 0 Å². The molecule has 1 aliphatic heterocycles. The summed E-state index contributed by atoms with van der Waals surface area (Å²) in [5.74, 6) is -4.55. The number of nitrogens with zero attached hydrogens (tertiary/aromatic N) is 3. The van der Waals surface area contributed by atoms with Crippen LogP contribution in [0, 0.1) is 35.5 Å². The van der Waals surface area contributed by atoms with Gasteiger partial charge in [-0.1, -0.05) is 85.2 Å². The van der Waals surface area contributed by atoms with E-state index in [4.69, 9.17) is 14.6 Å². The molecule has 1 fully saturated rings. The number of aliphatic hydroxyl groups excluding tert-OH is 1. The number of hydrogen-bond donors (Lipinski definition) is 3. The Morgan fingerprint density at radius 2 is 1.49 bits per heavy atom. The van der Waals surface area contributed by atoms with E-state index in [9.17, 15) is 33.9 Å². The monoisotopic (exact) mass is 859 g/mol. The summed E-state index contributed by atoms with van der Waals surface area (Å²) in [6.07, 6.45) is -0.148. The summed E-state index contributed by atoms with van der Waals surface area (Å²) in [4.78, 5) is 86.1. The molecule has 1 aliphatic rings. The highest BCUT2D eigenvalue weighted by Gasteiger charge is 2.44. The number of ketones is 2. The van der Waals surface area contributed by atoms with Crippen LogP contribution >= 0.6 is 0 Å². The Balaban J connectivity index is 2.25. The predicted octanol–water partition coefficient (Wildman–Crippen LogP) is 5.23. The number of carboxylic acid groups (broad SMARTS) is 1. The van der Waals surface area contributed by atoms with E-state index in [1.54, 1.807) is 23.8 Å². The highest BCUT2D eigenvalue weighted by Crippen LogP contribution is 2.32. The van der Waals surface area contributed by atoms with Crippen LogP contribution in [-0.2, 0) is 44.8 Å². The lowest BCUT2D eigenvalue weighted by molar-refractivity contribution is -0.149. The van der Waals surface area contributed by atoms with Gasteiger partial charge in [-0.05, 0) is 63.1 Å². The van der Waals surface area contributed by atoms with Gasteiger partial charge in [-0.3, -0.25) is 33.7 Å². The molecule has 61 heavy (non-hydrogen) atoms. The minimum absolute atomic E-state index is 0.00821. The van der Waals surface area contributed by atoms with Gasteiger partial charge >= 0.3 is 5.97 Å². The Morgan fingerprint density at radius 3 is 2.02 bits per heavy atom. The number of benzene rings is 1. The van der Waals surface area contributed by atoms with Crippen molar-refractivity contribution in [3.05, 3.63) is 35.9 Å². The molecular weight excluding hydrogens is 781 g/mol. The van der Waals surface area contributed by atoms with Crippen molar-refractivity contribution in [2.45, 2.75) is 150 Å². The molecule has 0 saturated carbocycles. The van der Waals surface area contributed by atoms with Crippen LogP contribution < -0.4 is 5.32 Å². The molecule has 2 rings (SSSR count). The zero-order valence-corrected chi connectivity index (χ0v) is 39.1. The van der Waals surface area contributed by atoms with Gasteiger partial charge in [-0.15, -0.1) is 0 Å². The first-order valence-corrected chi connectivity index (χ1v) is 22.3. The number of likely N-dealkylation sites (N-methyl/N-ethyl adjacent to an activating group) is 2. The number of aliphatic hydroxyl groups is 1. The fourth-order valence-electron chi connectivity index (χ4n) is 9.09. The van der Waals surface area contributed by atoms with E-state index in [2.05, 4.69) is 5.32 Å². The van der Waals surface area contributed by atoms with Crippen LogP contribution in [0.15, 0.2) is 30.3 Å². The van der Waals surface area contributed by atoms with Crippen LogP contribution in [0.4, 0.5) is 0 Å². The summed E-state index contributed by atoms with van der Waals surface area (Å²) in [7, 11) is 6.60. The van der Waals surface area contributed by atoms with E-state index in [1.807, 2.05) is 83.8 Å². The number of rotatable bonds is 28. The summed E-state index contributed by atoms with van der Waals surface area (Å²) < 4.78 is 12.0. The molecule has 1 aromatic carbocycles. The van der Waals surface area contributed by atoms with Gasteiger partial charge < -0.3 is 34.8 Å². The summed E-state index contributed by atoms with van der Waals surface area (Å²) in [6, 6.07) is 8.00. The lowest BCUT2D eigenvalue weighted by Gasteiger charge is -2.41.